The number of carbonyl (C=O) groups excluding carboxylic acids is 2. The molecule has 4 aromatic rings. The van der Waals surface area contributed by atoms with E-state index in [2.05, 4.69) is 28.5 Å². The Labute approximate surface area is 257 Å². The third kappa shape index (κ3) is 5.57. The summed E-state index contributed by atoms with van der Waals surface area (Å²) >= 11 is 0. The van der Waals surface area contributed by atoms with Gasteiger partial charge in [0.2, 0.25) is 5.91 Å². The number of amides is 2. The van der Waals surface area contributed by atoms with Crippen molar-refractivity contribution < 1.29 is 19.5 Å². The van der Waals surface area contributed by atoms with Crippen molar-refractivity contribution in [2.45, 2.75) is 57.5 Å². The lowest BCUT2D eigenvalue weighted by Gasteiger charge is -2.50. The molecule has 1 unspecified atom stereocenters. The molecule has 1 aromatic heterocycles. The van der Waals surface area contributed by atoms with E-state index in [1.165, 1.54) is 12.1 Å². The zero-order valence-electron chi connectivity index (χ0n) is 25.1. The zero-order valence-corrected chi connectivity index (χ0v) is 25.1. The molecule has 0 bridgehead atoms. The van der Waals surface area contributed by atoms with Crippen LogP contribution in [-0.4, -0.2) is 44.9 Å². The summed E-state index contributed by atoms with van der Waals surface area (Å²) in [5, 5.41) is 13.3. The minimum Gasteiger partial charge on any atom is -0.478 e. The first-order valence-electron chi connectivity index (χ1n) is 15.3. The van der Waals surface area contributed by atoms with Gasteiger partial charge in [-0.15, -0.1) is 0 Å². The maximum atomic E-state index is 14.4. The number of nitrogens with one attached hydrogen (secondary N) is 1. The number of aromatic carboxylic acids is 1. The van der Waals surface area contributed by atoms with E-state index in [9.17, 15) is 19.5 Å². The highest BCUT2D eigenvalue weighted by Gasteiger charge is 2.48. The van der Waals surface area contributed by atoms with Crippen molar-refractivity contribution in [1.82, 2.24) is 9.88 Å². The molecule has 44 heavy (non-hydrogen) atoms. The Bertz CT molecular complexity index is 1720. The number of hydrogen-bond acceptors (Lipinski definition) is 5. The quantitative estimate of drug-likeness (QED) is 0.245. The van der Waals surface area contributed by atoms with E-state index >= 15 is 0 Å². The Kier molecular flexibility index (Phi) is 7.95. The van der Waals surface area contributed by atoms with Crippen LogP contribution in [-0.2, 0) is 16.0 Å². The molecule has 6 rings (SSSR count). The molecule has 8 heteroatoms. The smallest absolute Gasteiger partial charge is 0.335 e. The Morgan fingerprint density at radius 2 is 1.73 bits per heavy atom. The number of benzene rings is 3. The number of hydrogen-bond donors (Lipinski definition) is 3. The molecule has 2 aliphatic rings. The lowest BCUT2D eigenvalue weighted by Crippen LogP contribution is -2.58. The molecule has 4 N–H and O–H groups in total. The predicted molar refractivity (Wildman–Crippen MR) is 171 cm³/mol. The van der Waals surface area contributed by atoms with Crippen molar-refractivity contribution >= 4 is 34.4 Å². The number of carboxylic acid groups (broad SMARTS) is 1. The zero-order chi connectivity index (χ0) is 31.0. The van der Waals surface area contributed by atoms with Crippen molar-refractivity contribution in [3.8, 4) is 11.1 Å². The molecule has 0 spiro atoms. The SMILES string of the molecule is CC1(C)Cc2c(-c3ccc4ncccc4c3)cccc2C(C(=O)Nc2ccc(C(=O)O)cc2)N1C(=O)C1CCC(CN)CC1. The average molecular weight is 591 g/mol. The molecule has 1 atom stereocenters. The summed E-state index contributed by atoms with van der Waals surface area (Å²) in [5.74, 6) is -1.10. The number of carbonyl (C=O) groups is 3. The number of nitrogens with two attached hydrogens (primary N) is 1. The van der Waals surface area contributed by atoms with Gasteiger partial charge < -0.3 is 21.1 Å². The largest absolute Gasteiger partial charge is 0.478 e. The Morgan fingerprint density at radius 3 is 2.43 bits per heavy atom. The third-order valence-corrected chi connectivity index (χ3v) is 9.36. The average Bonchev–Trinajstić information content (AvgIpc) is 3.03. The van der Waals surface area contributed by atoms with Crippen LogP contribution in [0, 0.1) is 11.8 Å². The van der Waals surface area contributed by atoms with Gasteiger partial charge in [0, 0.05) is 28.7 Å². The van der Waals surface area contributed by atoms with Crippen LogP contribution in [0.2, 0.25) is 0 Å². The fraction of sp³-hybridized carbons (Fsp3) is 0.333. The summed E-state index contributed by atoms with van der Waals surface area (Å²) < 4.78 is 0. The summed E-state index contributed by atoms with van der Waals surface area (Å²) in [7, 11) is 0. The first kappa shape index (κ1) is 29.5. The Balaban J connectivity index is 1.43. The minimum atomic E-state index is -1.04. The number of pyridine rings is 1. The van der Waals surface area contributed by atoms with Gasteiger partial charge in [0.1, 0.15) is 6.04 Å². The first-order valence-corrected chi connectivity index (χ1v) is 15.3. The molecule has 1 aliphatic heterocycles. The topological polar surface area (TPSA) is 126 Å². The second-order valence-electron chi connectivity index (χ2n) is 12.7. The molecule has 0 radical (unpaired) electrons. The van der Waals surface area contributed by atoms with Crippen molar-refractivity contribution in [2.75, 3.05) is 11.9 Å². The normalized spacial score (nSPS) is 21.0. The molecule has 8 nitrogen and oxygen atoms in total. The number of nitrogens with zero attached hydrogens (tertiary/aromatic N) is 2. The van der Waals surface area contributed by atoms with Crippen molar-refractivity contribution in [3.05, 3.63) is 95.7 Å². The maximum absolute atomic E-state index is 14.4. The lowest BCUT2D eigenvalue weighted by atomic mass is 9.75. The molecular weight excluding hydrogens is 552 g/mol. The van der Waals surface area contributed by atoms with Crippen LogP contribution < -0.4 is 11.1 Å². The number of aromatic nitrogens is 1. The van der Waals surface area contributed by atoms with Gasteiger partial charge >= 0.3 is 5.97 Å². The number of carboxylic acids is 1. The Morgan fingerprint density at radius 1 is 0.977 bits per heavy atom. The summed E-state index contributed by atoms with van der Waals surface area (Å²) in [5.41, 5.74) is 10.7. The third-order valence-electron chi connectivity index (χ3n) is 9.36. The monoisotopic (exact) mass is 590 g/mol. The molecule has 1 aliphatic carbocycles. The van der Waals surface area contributed by atoms with Crippen LogP contribution in [0.1, 0.15) is 67.1 Å². The number of anilines is 1. The molecule has 1 fully saturated rings. The van der Waals surface area contributed by atoms with Crippen LogP contribution in [0.3, 0.4) is 0 Å². The van der Waals surface area contributed by atoms with Gasteiger partial charge in [-0.3, -0.25) is 14.6 Å². The molecule has 2 amide bonds. The standard InChI is InChI=1S/C36H38N4O4/c1-36(2)20-30-28(25-14-17-31-26(19-25)5-4-18-38-31)6-3-7-29(30)32(33(41)39-27-15-12-24(13-16-27)35(43)44)40(36)34(42)23-10-8-22(21-37)9-11-23/h3-7,12-19,22-23,32H,8-11,20-21,37H2,1-2H3,(H,39,41)(H,43,44). The van der Waals surface area contributed by atoms with Crippen LogP contribution in [0.25, 0.3) is 22.0 Å². The number of fused-ring (bicyclic) bond motifs is 2. The van der Waals surface area contributed by atoms with Crippen LogP contribution in [0.5, 0.6) is 0 Å². The van der Waals surface area contributed by atoms with Crippen LogP contribution in [0.15, 0.2) is 79.0 Å². The van der Waals surface area contributed by atoms with E-state index in [4.69, 9.17) is 5.73 Å². The van der Waals surface area contributed by atoms with E-state index in [-0.39, 0.29) is 23.3 Å². The fourth-order valence-electron chi connectivity index (χ4n) is 7.01. The summed E-state index contributed by atoms with van der Waals surface area (Å²) in [6.45, 7) is 4.72. The van der Waals surface area contributed by atoms with Gasteiger partial charge in [0.05, 0.1) is 11.1 Å². The molecule has 3 aromatic carbocycles. The first-order chi connectivity index (χ1) is 21.2. The second-order valence-corrected chi connectivity index (χ2v) is 12.7. The summed E-state index contributed by atoms with van der Waals surface area (Å²) in [6, 6.07) is 21.4. The van der Waals surface area contributed by atoms with Gasteiger partial charge in [-0.05, 0) is 123 Å². The predicted octanol–water partition coefficient (Wildman–Crippen LogP) is 6.21. The van der Waals surface area contributed by atoms with Crippen LogP contribution in [0.4, 0.5) is 5.69 Å². The molecule has 226 valence electrons. The highest BCUT2D eigenvalue weighted by atomic mass is 16.4. The number of rotatable bonds is 6. The molecule has 0 saturated heterocycles. The van der Waals surface area contributed by atoms with Crippen molar-refractivity contribution in [2.24, 2.45) is 17.6 Å². The van der Waals surface area contributed by atoms with E-state index in [1.807, 2.05) is 49.1 Å². The van der Waals surface area contributed by atoms with Gasteiger partial charge in [-0.25, -0.2) is 4.79 Å². The van der Waals surface area contributed by atoms with E-state index in [1.54, 1.807) is 18.3 Å². The minimum absolute atomic E-state index is 0.000297. The molecular formula is C36H38N4O4. The van der Waals surface area contributed by atoms with E-state index < -0.39 is 17.6 Å². The van der Waals surface area contributed by atoms with E-state index in [0.29, 0.717) is 24.6 Å². The van der Waals surface area contributed by atoms with Gasteiger partial charge in [0.15, 0.2) is 0 Å². The van der Waals surface area contributed by atoms with Crippen molar-refractivity contribution in [1.29, 1.82) is 0 Å². The maximum Gasteiger partial charge on any atom is 0.335 e. The molecule has 2 heterocycles. The Hall–Kier alpha value is -4.56. The van der Waals surface area contributed by atoms with Gasteiger partial charge in [0.25, 0.3) is 5.91 Å². The van der Waals surface area contributed by atoms with Gasteiger partial charge in [-0.1, -0.05) is 30.3 Å². The highest BCUT2D eigenvalue weighted by Crippen LogP contribution is 2.45. The fourth-order valence-corrected chi connectivity index (χ4v) is 7.01. The lowest BCUT2D eigenvalue weighted by molar-refractivity contribution is -0.151. The van der Waals surface area contributed by atoms with E-state index in [0.717, 1.165) is 58.8 Å². The molecule has 1 saturated carbocycles. The highest BCUT2D eigenvalue weighted by molar-refractivity contribution is 6.00. The summed E-state index contributed by atoms with van der Waals surface area (Å²) in [4.78, 5) is 46.4. The summed E-state index contributed by atoms with van der Waals surface area (Å²) in [6.07, 6.45) is 5.70. The van der Waals surface area contributed by atoms with Gasteiger partial charge in [-0.2, -0.15) is 0 Å². The van der Waals surface area contributed by atoms with Crippen molar-refractivity contribution in [3.63, 3.8) is 0 Å². The van der Waals surface area contributed by atoms with Crippen LogP contribution >= 0.6 is 0 Å². The second kappa shape index (κ2) is 11.8.